The van der Waals surface area contributed by atoms with Gasteiger partial charge < -0.3 is 16.2 Å². The highest BCUT2D eigenvalue weighted by Gasteiger charge is 2.23. The van der Waals surface area contributed by atoms with Crippen LogP contribution in [0.4, 0.5) is 11.4 Å². The summed E-state index contributed by atoms with van der Waals surface area (Å²) < 4.78 is 0. The van der Waals surface area contributed by atoms with E-state index in [-0.39, 0.29) is 11.6 Å². The molecule has 1 fully saturated rings. The molecule has 1 unspecified atom stereocenters. The predicted octanol–water partition coefficient (Wildman–Crippen LogP) is 2.96. The topological polar surface area (TPSA) is 75.3 Å². The maximum absolute atomic E-state index is 11.2. The third kappa shape index (κ3) is 2.58. The van der Waals surface area contributed by atoms with Gasteiger partial charge in [0.2, 0.25) is 0 Å². The van der Waals surface area contributed by atoms with E-state index < -0.39 is 5.97 Å². The van der Waals surface area contributed by atoms with Crippen LogP contribution in [0.15, 0.2) is 18.2 Å². The van der Waals surface area contributed by atoms with Gasteiger partial charge in [0.05, 0.1) is 16.9 Å². The molecule has 0 aromatic heterocycles. The number of aromatic carboxylic acids is 1. The molecule has 0 spiro atoms. The lowest BCUT2D eigenvalue weighted by molar-refractivity contribution is 0.0698. The van der Waals surface area contributed by atoms with Crippen LogP contribution in [0.5, 0.6) is 0 Å². The van der Waals surface area contributed by atoms with E-state index in [1.807, 2.05) is 0 Å². The van der Waals surface area contributed by atoms with Gasteiger partial charge in [0.1, 0.15) is 0 Å². The number of benzene rings is 1. The fourth-order valence-electron chi connectivity index (χ4n) is 2.71. The van der Waals surface area contributed by atoms with Gasteiger partial charge in [-0.2, -0.15) is 0 Å². The number of anilines is 2. The molecule has 2 rings (SSSR count). The van der Waals surface area contributed by atoms with Crippen molar-refractivity contribution >= 4 is 17.3 Å². The summed E-state index contributed by atoms with van der Waals surface area (Å²) in [4.78, 5) is 11.2. The van der Waals surface area contributed by atoms with E-state index in [4.69, 9.17) is 5.73 Å². The zero-order valence-corrected chi connectivity index (χ0v) is 10.6. The molecule has 1 atom stereocenters. The number of nitrogens with two attached hydrogens (primary N) is 1. The number of hydrogen-bond acceptors (Lipinski definition) is 3. The number of para-hydroxylation sites is 1. The lowest BCUT2D eigenvalue weighted by Crippen LogP contribution is -2.25. The molecule has 4 heteroatoms. The van der Waals surface area contributed by atoms with Gasteiger partial charge in [-0.15, -0.1) is 0 Å². The monoisotopic (exact) mass is 248 g/mol. The summed E-state index contributed by atoms with van der Waals surface area (Å²) in [6.07, 6.45) is 4.96. The Morgan fingerprint density at radius 1 is 1.44 bits per heavy atom. The third-order valence-corrected chi connectivity index (χ3v) is 3.81. The summed E-state index contributed by atoms with van der Waals surface area (Å²) >= 11 is 0. The smallest absolute Gasteiger partial charge is 0.337 e. The Kier molecular flexibility index (Phi) is 3.75. The van der Waals surface area contributed by atoms with Crippen LogP contribution in [0.2, 0.25) is 0 Å². The van der Waals surface area contributed by atoms with Crippen molar-refractivity contribution in [1.82, 2.24) is 0 Å². The Bertz CT molecular complexity index is 439. The summed E-state index contributed by atoms with van der Waals surface area (Å²) in [7, 11) is 0. The summed E-state index contributed by atoms with van der Waals surface area (Å²) in [5.74, 6) is -0.324. The maximum atomic E-state index is 11.2. The molecule has 98 valence electrons. The van der Waals surface area contributed by atoms with Crippen molar-refractivity contribution < 1.29 is 9.90 Å². The van der Waals surface area contributed by atoms with Crippen molar-refractivity contribution in [3.63, 3.8) is 0 Å². The molecule has 0 radical (unpaired) electrons. The average Bonchev–Trinajstić information content (AvgIpc) is 2.85. The van der Waals surface area contributed by atoms with Gasteiger partial charge >= 0.3 is 5.97 Å². The van der Waals surface area contributed by atoms with Gasteiger partial charge in [0, 0.05) is 6.04 Å². The number of hydrogen-bond donors (Lipinski definition) is 3. The molecule has 18 heavy (non-hydrogen) atoms. The first kappa shape index (κ1) is 12.7. The van der Waals surface area contributed by atoms with E-state index >= 15 is 0 Å². The molecule has 0 saturated heterocycles. The summed E-state index contributed by atoms with van der Waals surface area (Å²) in [5, 5.41) is 12.5. The lowest BCUT2D eigenvalue weighted by atomic mass is 9.99. The Labute approximate surface area is 107 Å². The summed E-state index contributed by atoms with van der Waals surface area (Å²) in [5.41, 5.74) is 7.19. The van der Waals surface area contributed by atoms with Crippen LogP contribution in [0, 0.1) is 5.92 Å². The SMILES string of the molecule is CC(Nc1c(N)cccc1C(=O)O)C1CCCC1. The zero-order chi connectivity index (χ0) is 13.1. The van der Waals surface area contributed by atoms with Crippen molar-refractivity contribution in [2.24, 2.45) is 5.92 Å². The zero-order valence-electron chi connectivity index (χ0n) is 10.6. The van der Waals surface area contributed by atoms with Gasteiger partial charge in [-0.05, 0) is 37.8 Å². The molecule has 1 aliphatic carbocycles. The fraction of sp³-hybridized carbons (Fsp3) is 0.500. The second-order valence-electron chi connectivity index (χ2n) is 5.05. The number of nitrogens with one attached hydrogen (secondary N) is 1. The van der Waals surface area contributed by atoms with Crippen molar-refractivity contribution in [2.45, 2.75) is 38.6 Å². The van der Waals surface area contributed by atoms with Crippen LogP contribution in [0.1, 0.15) is 43.0 Å². The molecule has 0 amide bonds. The lowest BCUT2D eigenvalue weighted by Gasteiger charge is -2.23. The van der Waals surface area contributed by atoms with Crippen LogP contribution < -0.4 is 11.1 Å². The second kappa shape index (κ2) is 5.29. The molecule has 1 aromatic rings. The normalized spacial score (nSPS) is 17.6. The molecule has 4 N–H and O–H groups in total. The van der Waals surface area contributed by atoms with Gasteiger partial charge in [0.25, 0.3) is 0 Å². The Hall–Kier alpha value is -1.71. The quantitative estimate of drug-likeness (QED) is 0.716. The Morgan fingerprint density at radius 2 is 2.11 bits per heavy atom. The van der Waals surface area contributed by atoms with Gasteiger partial charge in [0.15, 0.2) is 0 Å². The van der Waals surface area contributed by atoms with Crippen LogP contribution in [-0.2, 0) is 0 Å². The molecular weight excluding hydrogens is 228 g/mol. The first-order valence-corrected chi connectivity index (χ1v) is 6.48. The van der Waals surface area contributed by atoms with E-state index in [9.17, 15) is 9.90 Å². The van der Waals surface area contributed by atoms with E-state index in [2.05, 4.69) is 12.2 Å². The third-order valence-electron chi connectivity index (χ3n) is 3.81. The summed E-state index contributed by atoms with van der Waals surface area (Å²) in [6.45, 7) is 2.11. The first-order valence-electron chi connectivity index (χ1n) is 6.48. The minimum Gasteiger partial charge on any atom is -0.478 e. The van der Waals surface area contributed by atoms with E-state index in [0.717, 1.165) is 0 Å². The van der Waals surface area contributed by atoms with Crippen LogP contribution >= 0.6 is 0 Å². The maximum Gasteiger partial charge on any atom is 0.337 e. The van der Waals surface area contributed by atoms with E-state index in [0.29, 0.717) is 17.3 Å². The number of carboxylic acid groups (broad SMARTS) is 1. The number of carboxylic acids is 1. The van der Waals surface area contributed by atoms with Crippen LogP contribution in [0.3, 0.4) is 0 Å². The molecular formula is C14H20N2O2. The van der Waals surface area contributed by atoms with Crippen LogP contribution in [0.25, 0.3) is 0 Å². The number of nitrogen functional groups attached to an aromatic ring is 1. The summed E-state index contributed by atoms with van der Waals surface area (Å²) in [6, 6.07) is 5.25. The Morgan fingerprint density at radius 3 is 2.72 bits per heavy atom. The van der Waals surface area contributed by atoms with Crippen molar-refractivity contribution in [3.05, 3.63) is 23.8 Å². The number of rotatable bonds is 4. The standard InChI is InChI=1S/C14H20N2O2/c1-9(10-5-2-3-6-10)16-13-11(14(17)18)7-4-8-12(13)15/h4,7-10,16H,2-3,5-6,15H2,1H3,(H,17,18). The highest BCUT2D eigenvalue weighted by molar-refractivity contribution is 5.97. The van der Waals surface area contributed by atoms with E-state index in [1.54, 1.807) is 18.2 Å². The van der Waals surface area contributed by atoms with Crippen molar-refractivity contribution in [2.75, 3.05) is 11.1 Å². The highest BCUT2D eigenvalue weighted by atomic mass is 16.4. The molecule has 0 heterocycles. The van der Waals surface area contributed by atoms with Gasteiger partial charge in [-0.1, -0.05) is 18.9 Å². The van der Waals surface area contributed by atoms with E-state index in [1.165, 1.54) is 25.7 Å². The molecule has 0 aliphatic heterocycles. The molecule has 1 saturated carbocycles. The average molecular weight is 248 g/mol. The molecule has 1 aliphatic rings. The largest absolute Gasteiger partial charge is 0.478 e. The molecule has 1 aromatic carbocycles. The Balaban J connectivity index is 2.19. The minimum absolute atomic E-state index is 0.250. The van der Waals surface area contributed by atoms with Gasteiger partial charge in [-0.3, -0.25) is 0 Å². The molecule has 4 nitrogen and oxygen atoms in total. The fourth-order valence-corrected chi connectivity index (χ4v) is 2.71. The van der Waals surface area contributed by atoms with Crippen molar-refractivity contribution in [3.8, 4) is 0 Å². The van der Waals surface area contributed by atoms with Crippen molar-refractivity contribution in [1.29, 1.82) is 0 Å². The second-order valence-corrected chi connectivity index (χ2v) is 5.05. The molecule has 0 bridgehead atoms. The first-order chi connectivity index (χ1) is 8.59. The van der Waals surface area contributed by atoms with Gasteiger partial charge in [-0.25, -0.2) is 4.79 Å². The predicted molar refractivity (Wildman–Crippen MR) is 72.9 cm³/mol. The van der Waals surface area contributed by atoms with Crippen LogP contribution in [-0.4, -0.2) is 17.1 Å². The highest BCUT2D eigenvalue weighted by Crippen LogP contribution is 2.31. The minimum atomic E-state index is -0.941. The number of carbonyl (C=O) groups is 1.